The van der Waals surface area contributed by atoms with Crippen LogP contribution in [0.15, 0.2) is 6.07 Å². The summed E-state index contributed by atoms with van der Waals surface area (Å²) >= 11 is 0. The number of rotatable bonds is 3. The van der Waals surface area contributed by atoms with E-state index in [2.05, 4.69) is 20.3 Å². The number of hydrogen-bond donors (Lipinski definition) is 2. The number of hydrogen-bond acceptors (Lipinski definition) is 6. The number of anilines is 1. The van der Waals surface area contributed by atoms with E-state index in [1.54, 1.807) is 0 Å². The Kier molecular flexibility index (Phi) is 3.63. The minimum absolute atomic E-state index is 0.408. The van der Waals surface area contributed by atoms with Gasteiger partial charge in [0.2, 0.25) is 0 Å². The Labute approximate surface area is 113 Å². The second-order valence-electron chi connectivity index (χ2n) is 5.33. The van der Waals surface area contributed by atoms with Crippen LogP contribution in [-0.2, 0) is 11.3 Å². The molecule has 1 aliphatic heterocycles. The topological polar surface area (TPSA) is 76.3 Å². The zero-order valence-corrected chi connectivity index (χ0v) is 11.3. The molecule has 2 fully saturated rings. The number of aryl methyl sites for hydroxylation is 1. The van der Waals surface area contributed by atoms with Gasteiger partial charge in [-0.2, -0.15) is 0 Å². The highest BCUT2D eigenvalue weighted by Crippen LogP contribution is 2.30. The van der Waals surface area contributed by atoms with E-state index in [0.29, 0.717) is 18.0 Å². The summed E-state index contributed by atoms with van der Waals surface area (Å²) in [7, 11) is 0. The number of fused-ring (bicyclic) bond motifs is 1. The van der Waals surface area contributed by atoms with Crippen LogP contribution in [0.3, 0.4) is 0 Å². The van der Waals surface area contributed by atoms with Crippen LogP contribution in [-0.4, -0.2) is 40.2 Å². The maximum Gasteiger partial charge on any atom is 0.145 e. The van der Waals surface area contributed by atoms with Crippen molar-refractivity contribution in [3.63, 3.8) is 0 Å². The van der Waals surface area contributed by atoms with Crippen molar-refractivity contribution >= 4 is 5.82 Å². The van der Waals surface area contributed by atoms with Crippen molar-refractivity contribution < 1.29 is 4.74 Å². The van der Waals surface area contributed by atoms with Crippen LogP contribution in [0.2, 0.25) is 0 Å². The molecule has 2 unspecified atom stereocenters. The summed E-state index contributed by atoms with van der Waals surface area (Å²) in [6.45, 7) is 4.52. The molecule has 2 heterocycles. The van der Waals surface area contributed by atoms with E-state index in [0.717, 1.165) is 31.2 Å². The largest absolute Gasteiger partial charge is 0.375 e. The number of nitrogens with zero attached hydrogens (tertiary/aromatic N) is 3. The molecule has 3 rings (SSSR count). The Morgan fingerprint density at radius 1 is 1.47 bits per heavy atom. The van der Waals surface area contributed by atoms with Crippen molar-refractivity contribution in [3.05, 3.63) is 17.6 Å². The fourth-order valence-corrected chi connectivity index (χ4v) is 3.16. The van der Waals surface area contributed by atoms with Crippen LogP contribution in [0.5, 0.6) is 0 Å². The average Bonchev–Trinajstić information content (AvgIpc) is 2.87. The predicted octanol–water partition coefficient (Wildman–Crippen LogP) is 0.824. The van der Waals surface area contributed by atoms with Crippen LogP contribution in [0.25, 0.3) is 0 Å². The molecule has 0 radical (unpaired) electrons. The quantitative estimate of drug-likeness (QED) is 0.621. The van der Waals surface area contributed by atoms with Gasteiger partial charge in [-0.1, -0.05) is 0 Å². The highest BCUT2D eigenvalue weighted by molar-refractivity contribution is 5.33. The van der Waals surface area contributed by atoms with Gasteiger partial charge in [-0.25, -0.2) is 15.8 Å². The Bertz CT molecular complexity index is 453. The van der Waals surface area contributed by atoms with Crippen molar-refractivity contribution in [2.75, 3.05) is 18.6 Å². The molecular weight excluding hydrogens is 242 g/mol. The van der Waals surface area contributed by atoms with Gasteiger partial charge in [0.05, 0.1) is 19.3 Å². The molecule has 2 aliphatic rings. The van der Waals surface area contributed by atoms with E-state index in [1.165, 1.54) is 19.3 Å². The predicted molar refractivity (Wildman–Crippen MR) is 72.4 cm³/mol. The molecule has 0 aromatic carbocycles. The summed E-state index contributed by atoms with van der Waals surface area (Å²) < 4.78 is 5.82. The van der Waals surface area contributed by atoms with Crippen molar-refractivity contribution in [3.8, 4) is 0 Å². The van der Waals surface area contributed by atoms with Gasteiger partial charge < -0.3 is 10.2 Å². The molecule has 19 heavy (non-hydrogen) atoms. The minimum atomic E-state index is 0.408. The van der Waals surface area contributed by atoms with Crippen LogP contribution < -0.4 is 11.3 Å². The minimum Gasteiger partial charge on any atom is -0.375 e. The van der Waals surface area contributed by atoms with Crippen LogP contribution in [0.1, 0.15) is 30.8 Å². The van der Waals surface area contributed by atoms with Crippen molar-refractivity contribution in [1.29, 1.82) is 0 Å². The van der Waals surface area contributed by atoms with Gasteiger partial charge in [0.15, 0.2) is 0 Å². The first-order valence-corrected chi connectivity index (χ1v) is 6.93. The highest BCUT2D eigenvalue weighted by Gasteiger charge is 2.36. The lowest BCUT2D eigenvalue weighted by Crippen LogP contribution is -2.48. The molecule has 2 atom stereocenters. The molecule has 1 aromatic rings. The first-order chi connectivity index (χ1) is 9.26. The van der Waals surface area contributed by atoms with E-state index in [9.17, 15) is 0 Å². The number of hydrazine groups is 1. The molecule has 6 heteroatoms. The molecule has 104 valence electrons. The summed E-state index contributed by atoms with van der Waals surface area (Å²) in [5, 5.41) is 0. The SMILES string of the molecule is Cc1cc(NN)nc(CN2CCOC3CCCC32)n1. The van der Waals surface area contributed by atoms with Gasteiger partial charge in [0, 0.05) is 24.3 Å². The van der Waals surface area contributed by atoms with E-state index < -0.39 is 0 Å². The number of nitrogen functional groups attached to an aromatic ring is 1. The molecule has 1 saturated carbocycles. The third-order valence-electron chi connectivity index (χ3n) is 3.99. The molecule has 6 nitrogen and oxygen atoms in total. The van der Waals surface area contributed by atoms with E-state index >= 15 is 0 Å². The maximum absolute atomic E-state index is 5.82. The molecule has 0 spiro atoms. The third-order valence-corrected chi connectivity index (χ3v) is 3.99. The maximum atomic E-state index is 5.82. The molecular formula is C13H21N5O. The molecule has 1 saturated heterocycles. The third kappa shape index (κ3) is 2.70. The Balaban J connectivity index is 1.75. The van der Waals surface area contributed by atoms with Gasteiger partial charge in [0.25, 0.3) is 0 Å². The lowest BCUT2D eigenvalue weighted by atomic mass is 10.1. The monoisotopic (exact) mass is 263 g/mol. The lowest BCUT2D eigenvalue weighted by Gasteiger charge is -2.37. The van der Waals surface area contributed by atoms with Gasteiger partial charge in [-0.15, -0.1) is 0 Å². The first kappa shape index (κ1) is 12.8. The highest BCUT2D eigenvalue weighted by atomic mass is 16.5. The van der Waals surface area contributed by atoms with Gasteiger partial charge in [-0.3, -0.25) is 4.90 Å². The van der Waals surface area contributed by atoms with Crippen molar-refractivity contribution in [2.24, 2.45) is 5.84 Å². The summed E-state index contributed by atoms with van der Waals surface area (Å²) in [5.41, 5.74) is 3.54. The van der Waals surface area contributed by atoms with E-state index in [1.807, 2.05) is 13.0 Å². The smallest absolute Gasteiger partial charge is 0.145 e. The van der Waals surface area contributed by atoms with Crippen molar-refractivity contribution in [1.82, 2.24) is 14.9 Å². The Morgan fingerprint density at radius 2 is 2.37 bits per heavy atom. The summed E-state index contributed by atoms with van der Waals surface area (Å²) in [4.78, 5) is 11.4. The number of nitrogens with one attached hydrogen (secondary N) is 1. The number of morpholine rings is 1. The number of ether oxygens (including phenoxy) is 1. The standard InChI is InChI=1S/C13H21N5O/c1-9-7-12(17-14)16-13(15-9)8-18-5-6-19-11-4-2-3-10(11)18/h7,10-11H,2-6,8,14H2,1H3,(H,15,16,17). The van der Waals surface area contributed by atoms with Gasteiger partial charge >= 0.3 is 0 Å². The zero-order valence-electron chi connectivity index (χ0n) is 11.3. The fourth-order valence-electron chi connectivity index (χ4n) is 3.16. The second-order valence-corrected chi connectivity index (χ2v) is 5.33. The number of nitrogens with two attached hydrogens (primary N) is 1. The van der Waals surface area contributed by atoms with Crippen molar-refractivity contribution in [2.45, 2.75) is 44.9 Å². The Morgan fingerprint density at radius 3 is 3.21 bits per heavy atom. The summed E-state index contributed by atoms with van der Waals surface area (Å²) in [5.74, 6) is 6.95. The van der Waals surface area contributed by atoms with Crippen LogP contribution in [0.4, 0.5) is 5.82 Å². The van der Waals surface area contributed by atoms with E-state index in [4.69, 9.17) is 10.6 Å². The molecule has 1 aromatic heterocycles. The molecule has 3 N–H and O–H groups in total. The average molecular weight is 263 g/mol. The second kappa shape index (κ2) is 5.40. The first-order valence-electron chi connectivity index (χ1n) is 6.93. The summed E-state index contributed by atoms with van der Waals surface area (Å²) in [6.07, 6.45) is 4.07. The van der Waals surface area contributed by atoms with E-state index in [-0.39, 0.29) is 0 Å². The van der Waals surface area contributed by atoms with Gasteiger partial charge in [-0.05, 0) is 26.2 Å². The Hall–Kier alpha value is -1.24. The molecule has 1 aliphatic carbocycles. The molecule has 0 amide bonds. The fraction of sp³-hybridized carbons (Fsp3) is 0.692. The normalized spacial score (nSPS) is 27.3. The molecule has 0 bridgehead atoms. The van der Waals surface area contributed by atoms with Crippen LogP contribution >= 0.6 is 0 Å². The number of aromatic nitrogens is 2. The van der Waals surface area contributed by atoms with Crippen LogP contribution in [0, 0.1) is 6.92 Å². The summed E-state index contributed by atoms with van der Waals surface area (Å²) in [6, 6.07) is 2.38. The zero-order chi connectivity index (χ0) is 13.2. The lowest BCUT2D eigenvalue weighted by molar-refractivity contribution is -0.0596. The van der Waals surface area contributed by atoms with Gasteiger partial charge in [0.1, 0.15) is 11.6 Å².